The molecule has 0 aliphatic carbocycles. The number of nitrogens with one attached hydrogen (secondary N) is 1. The van der Waals surface area contributed by atoms with E-state index in [1.165, 1.54) is 16.6 Å². The molecule has 3 heterocycles. The van der Waals surface area contributed by atoms with E-state index in [1.54, 1.807) is 7.11 Å². The van der Waals surface area contributed by atoms with E-state index in [9.17, 15) is 4.79 Å². The molecule has 110 valence electrons. The van der Waals surface area contributed by atoms with E-state index in [4.69, 9.17) is 4.74 Å². The van der Waals surface area contributed by atoms with Crippen LogP contribution in [0.1, 0.15) is 31.5 Å². The molecule has 21 heavy (non-hydrogen) atoms. The molecule has 2 aromatic rings. The van der Waals surface area contributed by atoms with Crippen molar-refractivity contribution in [2.45, 2.75) is 32.2 Å². The monoisotopic (exact) mass is 284 g/mol. The summed E-state index contributed by atoms with van der Waals surface area (Å²) in [6.07, 6.45) is 1.80. The number of fused-ring (bicyclic) bond motifs is 5. The van der Waals surface area contributed by atoms with Gasteiger partial charge in [0.25, 0.3) is 0 Å². The number of benzene rings is 1. The second-order valence-electron chi connectivity index (χ2n) is 6.51. The van der Waals surface area contributed by atoms with Crippen LogP contribution in [0.25, 0.3) is 10.9 Å². The van der Waals surface area contributed by atoms with Crippen LogP contribution in [0.15, 0.2) is 18.2 Å². The minimum absolute atomic E-state index is 0.113. The quantitative estimate of drug-likeness (QED) is 0.875. The van der Waals surface area contributed by atoms with Crippen LogP contribution in [0.3, 0.4) is 0 Å². The number of carbonyl (C=O) groups is 1. The number of nitrogens with zero attached hydrogens (tertiary/aromatic N) is 1. The third-order valence-electron chi connectivity index (χ3n) is 5.22. The van der Waals surface area contributed by atoms with Crippen LogP contribution in [-0.4, -0.2) is 29.4 Å². The summed E-state index contributed by atoms with van der Waals surface area (Å²) in [6.45, 7) is 5.05. The molecule has 1 saturated heterocycles. The lowest BCUT2D eigenvalue weighted by molar-refractivity contribution is -0.133. The summed E-state index contributed by atoms with van der Waals surface area (Å²) in [4.78, 5) is 18.0. The fourth-order valence-corrected chi connectivity index (χ4v) is 4.19. The second kappa shape index (κ2) is 4.03. The zero-order valence-corrected chi connectivity index (χ0v) is 12.7. The van der Waals surface area contributed by atoms with Crippen molar-refractivity contribution in [1.29, 1.82) is 0 Å². The van der Waals surface area contributed by atoms with Crippen LogP contribution in [0.2, 0.25) is 0 Å². The molecule has 2 aliphatic rings. The van der Waals surface area contributed by atoms with Crippen LogP contribution in [0, 0.1) is 5.92 Å². The molecule has 1 fully saturated rings. The van der Waals surface area contributed by atoms with Crippen molar-refractivity contribution in [2.24, 2.45) is 5.92 Å². The molecule has 0 bridgehead atoms. The van der Waals surface area contributed by atoms with Gasteiger partial charge in [0.05, 0.1) is 12.6 Å². The first kappa shape index (κ1) is 12.7. The van der Waals surface area contributed by atoms with E-state index < -0.39 is 0 Å². The predicted octanol–water partition coefficient (Wildman–Crippen LogP) is 2.82. The Bertz CT molecular complexity index is 749. The van der Waals surface area contributed by atoms with E-state index in [-0.39, 0.29) is 11.5 Å². The van der Waals surface area contributed by atoms with Gasteiger partial charge >= 0.3 is 0 Å². The lowest BCUT2D eigenvalue weighted by Gasteiger charge is -2.39. The summed E-state index contributed by atoms with van der Waals surface area (Å²) in [5, 5.41) is 1.23. The molecule has 0 spiro atoms. The maximum atomic E-state index is 12.4. The Kier molecular flexibility index (Phi) is 2.44. The molecule has 1 N–H and O–H groups in total. The second-order valence-corrected chi connectivity index (χ2v) is 6.51. The Balaban J connectivity index is 1.94. The van der Waals surface area contributed by atoms with Gasteiger partial charge in [0.2, 0.25) is 5.91 Å². The van der Waals surface area contributed by atoms with Crippen LogP contribution in [0.5, 0.6) is 5.75 Å². The Morgan fingerprint density at radius 1 is 1.43 bits per heavy atom. The van der Waals surface area contributed by atoms with E-state index in [2.05, 4.69) is 28.9 Å². The van der Waals surface area contributed by atoms with Crippen molar-refractivity contribution in [3.63, 3.8) is 0 Å². The van der Waals surface area contributed by atoms with Crippen molar-refractivity contribution >= 4 is 16.8 Å². The topological polar surface area (TPSA) is 45.3 Å². The molecule has 0 unspecified atom stereocenters. The number of carbonyl (C=O) groups excluding carboxylic acids is 1. The maximum Gasteiger partial charge on any atom is 0.226 e. The predicted molar refractivity (Wildman–Crippen MR) is 81.4 cm³/mol. The summed E-state index contributed by atoms with van der Waals surface area (Å²) in [5.41, 5.74) is 3.52. The first-order valence-corrected chi connectivity index (χ1v) is 7.55. The number of aromatic nitrogens is 1. The van der Waals surface area contributed by atoms with Crippen LogP contribution >= 0.6 is 0 Å². The molecule has 1 aromatic heterocycles. The lowest BCUT2D eigenvalue weighted by Crippen LogP contribution is -2.46. The Labute approximate surface area is 124 Å². The van der Waals surface area contributed by atoms with Gasteiger partial charge < -0.3 is 14.6 Å². The van der Waals surface area contributed by atoms with E-state index in [0.29, 0.717) is 5.91 Å². The number of hydrogen-bond donors (Lipinski definition) is 1. The van der Waals surface area contributed by atoms with E-state index in [0.717, 1.165) is 30.7 Å². The van der Waals surface area contributed by atoms with Crippen molar-refractivity contribution in [2.75, 3.05) is 13.7 Å². The first-order valence-electron chi connectivity index (χ1n) is 7.55. The zero-order valence-electron chi connectivity index (χ0n) is 12.7. The van der Waals surface area contributed by atoms with Gasteiger partial charge in [0, 0.05) is 29.1 Å². The van der Waals surface area contributed by atoms with Crippen LogP contribution < -0.4 is 4.74 Å². The fraction of sp³-hybridized carbons (Fsp3) is 0.471. The molecule has 1 aromatic carbocycles. The van der Waals surface area contributed by atoms with Gasteiger partial charge in [0.15, 0.2) is 0 Å². The number of aromatic amines is 1. The Morgan fingerprint density at radius 2 is 2.24 bits per heavy atom. The summed E-state index contributed by atoms with van der Waals surface area (Å²) in [5.74, 6) is 1.29. The molecule has 2 atom stereocenters. The number of methoxy groups -OCH3 is 1. The minimum Gasteiger partial charge on any atom is -0.497 e. The highest BCUT2D eigenvalue weighted by Gasteiger charge is 2.50. The summed E-state index contributed by atoms with van der Waals surface area (Å²) >= 11 is 0. The van der Waals surface area contributed by atoms with Crippen LogP contribution in [0.4, 0.5) is 0 Å². The number of amides is 1. The summed E-state index contributed by atoms with van der Waals surface area (Å²) in [7, 11) is 1.70. The zero-order chi connectivity index (χ0) is 14.8. The van der Waals surface area contributed by atoms with Crippen molar-refractivity contribution < 1.29 is 9.53 Å². The number of hydrogen-bond acceptors (Lipinski definition) is 2. The third kappa shape index (κ3) is 1.53. The van der Waals surface area contributed by atoms with Gasteiger partial charge in [0.1, 0.15) is 5.75 Å². The van der Waals surface area contributed by atoms with Gasteiger partial charge in [-0.1, -0.05) is 6.92 Å². The normalized spacial score (nSPS) is 27.9. The first-order chi connectivity index (χ1) is 10.0. The molecule has 1 amide bonds. The highest BCUT2D eigenvalue weighted by atomic mass is 16.5. The third-order valence-corrected chi connectivity index (χ3v) is 5.22. The lowest BCUT2D eigenvalue weighted by atomic mass is 9.85. The van der Waals surface area contributed by atoms with Gasteiger partial charge in [-0.05, 0) is 43.5 Å². The average Bonchev–Trinajstić information content (AvgIpc) is 2.95. The highest BCUT2D eigenvalue weighted by Crippen LogP contribution is 2.47. The van der Waals surface area contributed by atoms with Crippen molar-refractivity contribution in [1.82, 2.24) is 9.88 Å². The average molecular weight is 284 g/mol. The molecule has 0 saturated carbocycles. The molecular weight excluding hydrogens is 264 g/mol. The van der Waals surface area contributed by atoms with Gasteiger partial charge in [-0.2, -0.15) is 0 Å². The SMILES string of the molecule is COc1ccc2[nH]c3c(c2c1)CCN1C(=O)[C@@H](C)C[C@]31C. The van der Waals surface area contributed by atoms with E-state index in [1.807, 2.05) is 13.0 Å². The molecule has 2 aliphatic heterocycles. The molecule has 4 nitrogen and oxygen atoms in total. The standard InChI is InChI=1S/C17H20N2O2/c1-10-9-17(2)15-12(6-7-19(17)16(10)20)13-8-11(21-3)4-5-14(13)18-15/h4-5,8,10,18H,6-7,9H2,1-3H3/t10-,17+/m0/s1. The Morgan fingerprint density at radius 3 is 3.00 bits per heavy atom. The highest BCUT2D eigenvalue weighted by molar-refractivity contribution is 5.89. The van der Waals surface area contributed by atoms with Gasteiger partial charge in [-0.15, -0.1) is 0 Å². The minimum atomic E-state index is -0.184. The number of ether oxygens (including phenoxy) is 1. The number of H-pyrrole nitrogens is 1. The van der Waals surface area contributed by atoms with E-state index >= 15 is 0 Å². The molecule has 4 heteroatoms. The largest absolute Gasteiger partial charge is 0.497 e. The summed E-state index contributed by atoms with van der Waals surface area (Å²) in [6, 6.07) is 6.15. The summed E-state index contributed by atoms with van der Waals surface area (Å²) < 4.78 is 5.35. The van der Waals surface area contributed by atoms with Gasteiger partial charge in [-0.3, -0.25) is 4.79 Å². The Hall–Kier alpha value is -1.97. The fourth-order valence-electron chi connectivity index (χ4n) is 4.19. The molecular formula is C17H20N2O2. The smallest absolute Gasteiger partial charge is 0.226 e. The van der Waals surface area contributed by atoms with Gasteiger partial charge in [-0.25, -0.2) is 0 Å². The van der Waals surface area contributed by atoms with Crippen molar-refractivity contribution in [3.8, 4) is 5.75 Å². The molecule has 4 rings (SSSR count). The van der Waals surface area contributed by atoms with Crippen molar-refractivity contribution in [3.05, 3.63) is 29.5 Å². The number of rotatable bonds is 1. The molecule has 0 radical (unpaired) electrons. The van der Waals surface area contributed by atoms with Crippen LogP contribution in [-0.2, 0) is 16.8 Å². The maximum absolute atomic E-state index is 12.4.